The van der Waals surface area contributed by atoms with E-state index in [1.54, 1.807) is 31.2 Å². The molecule has 2 aromatic carbocycles. The van der Waals surface area contributed by atoms with Crippen molar-refractivity contribution in [3.8, 4) is 22.8 Å². The predicted molar refractivity (Wildman–Crippen MR) is 104 cm³/mol. The van der Waals surface area contributed by atoms with Crippen molar-refractivity contribution in [3.63, 3.8) is 0 Å². The van der Waals surface area contributed by atoms with Gasteiger partial charge in [0, 0.05) is 29.2 Å². The zero-order valence-electron chi connectivity index (χ0n) is 16.1. The Kier molecular flexibility index (Phi) is 5.09. The van der Waals surface area contributed by atoms with Crippen LogP contribution in [0.3, 0.4) is 0 Å². The summed E-state index contributed by atoms with van der Waals surface area (Å²) in [6.07, 6.45) is -3.26. The molecule has 12 heteroatoms. The highest BCUT2D eigenvalue weighted by molar-refractivity contribution is 7.93. The van der Waals surface area contributed by atoms with Gasteiger partial charge in [0.1, 0.15) is 0 Å². The molecule has 2 aromatic heterocycles. The summed E-state index contributed by atoms with van der Waals surface area (Å²) in [5.74, 6) is -0.766. The molecular weight excluding hydrogens is 435 g/mol. The number of aryl methyl sites for hydroxylation is 1. The monoisotopic (exact) mass is 449 g/mol. The first-order valence-electron chi connectivity index (χ1n) is 8.76. The molecule has 8 nitrogen and oxygen atoms in total. The SMILES string of the molecule is Cc1nc(-c2ccc(N=S(C)(=O)c3ccc(-c4noc(C(F)(F)F)n4)cc3)cc2)no1. The van der Waals surface area contributed by atoms with Crippen molar-refractivity contribution >= 4 is 15.4 Å². The number of aromatic nitrogens is 4. The van der Waals surface area contributed by atoms with Crippen LogP contribution < -0.4 is 0 Å². The molecule has 0 aliphatic carbocycles. The van der Waals surface area contributed by atoms with Gasteiger partial charge >= 0.3 is 12.1 Å². The predicted octanol–water partition coefficient (Wildman–Crippen LogP) is 4.90. The van der Waals surface area contributed by atoms with Gasteiger partial charge in [0.05, 0.1) is 15.4 Å². The summed E-state index contributed by atoms with van der Waals surface area (Å²) in [6.45, 7) is 1.69. The Hall–Kier alpha value is -3.54. The fraction of sp³-hybridized carbons (Fsp3) is 0.158. The maximum absolute atomic E-state index is 13.1. The second kappa shape index (κ2) is 7.61. The number of halogens is 3. The van der Waals surface area contributed by atoms with Crippen LogP contribution in [0, 0.1) is 6.92 Å². The van der Waals surface area contributed by atoms with Gasteiger partial charge in [-0.05, 0) is 48.5 Å². The Balaban J connectivity index is 1.57. The fourth-order valence-electron chi connectivity index (χ4n) is 2.65. The van der Waals surface area contributed by atoms with Crippen LogP contribution in [-0.2, 0) is 15.9 Å². The van der Waals surface area contributed by atoms with E-state index in [2.05, 4.69) is 29.2 Å². The third-order valence-corrected chi connectivity index (χ3v) is 5.86. The van der Waals surface area contributed by atoms with Crippen LogP contribution in [0.4, 0.5) is 18.9 Å². The van der Waals surface area contributed by atoms with Gasteiger partial charge in [0.2, 0.25) is 17.5 Å². The third kappa shape index (κ3) is 4.48. The van der Waals surface area contributed by atoms with Crippen LogP contribution in [0.1, 0.15) is 11.8 Å². The minimum Gasteiger partial charge on any atom is -0.339 e. The summed E-state index contributed by atoms with van der Waals surface area (Å²) in [6, 6.07) is 12.7. The van der Waals surface area contributed by atoms with Crippen molar-refractivity contribution in [2.75, 3.05) is 6.26 Å². The first-order valence-corrected chi connectivity index (χ1v) is 10.7. The molecule has 4 aromatic rings. The minimum absolute atomic E-state index is 0.217. The average molecular weight is 449 g/mol. The van der Waals surface area contributed by atoms with Gasteiger partial charge in [-0.1, -0.05) is 10.3 Å². The van der Waals surface area contributed by atoms with Gasteiger partial charge in [-0.25, -0.2) is 4.21 Å². The number of alkyl halides is 3. The van der Waals surface area contributed by atoms with Gasteiger partial charge in [0.15, 0.2) is 0 Å². The summed E-state index contributed by atoms with van der Waals surface area (Å²) in [4.78, 5) is 7.87. The lowest BCUT2D eigenvalue weighted by Gasteiger charge is -2.06. The normalized spacial score (nSPS) is 13.7. The molecule has 1 unspecified atom stereocenters. The number of hydrogen-bond donors (Lipinski definition) is 0. The summed E-state index contributed by atoms with van der Waals surface area (Å²) in [5, 5.41) is 7.16. The topological polar surface area (TPSA) is 107 Å². The molecule has 0 aliphatic rings. The average Bonchev–Trinajstić information content (AvgIpc) is 3.38. The lowest BCUT2D eigenvalue weighted by Crippen LogP contribution is -2.04. The van der Waals surface area contributed by atoms with E-state index in [9.17, 15) is 17.4 Å². The molecule has 0 N–H and O–H groups in total. The van der Waals surface area contributed by atoms with E-state index in [1.807, 2.05) is 0 Å². The zero-order valence-corrected chi connectivity index (χ0v) is 16.9. The van der Waals surface area contributed by atoms with E-state index < -0.39 is 21.8 Å². The van der Waals surface area contributed by atoms with Gasteiger partial charge < -0.3 is 9.05 Å². The number of rotatable bonds is 4. The van der Waals surface area contributed by atoms with Crippen LogP contribution in [-0.4, -0.2) is 30.7 Å². The molecule has 4 rings (SSSR count). The van der Waals surface area contributed by atoms with Crippen molar-refractivity contribution in [3.05, 3.63) is 60.3 Å². The Morgan fingerprint density at radius 2 is 1.42 bits per heavy atom. The van der Waals surface area contributed by atoms with E-state index in [-0.39, 0.29) is 11.4 Å². The molecule has 2 heterocycles. The zero-order chi connectivity index (χ0) is 22.2. The molecule has 31 heavy (non-hydrogen) atoms. The molecule has 0 fully saturated rings. The Morgan fingerprint density at radius 1 is 0.871 bits per heavy atom. The highest BCUT2D eigenvalue weighted by atomic mass is 32.2. The molecule has 0 aliphatic heterocycles. The molecule has 160 valence electrons. The first kappa shape index (κ1) is 20.7. The lowest BCUT2D eigenvalue weighted by atomic mass is 10.2. The quantitative estimate of drug-likeness (QED) is 0.436. The van der Waals surface area contributed by atoms with E-state index in [0.29, 0.717) is 22.3 Å². The van der Waals surface area contributed by atoms with Gasteiger partial charge in [-0.3, -0.25) is 0 Å². The van der Waals surface area contributed by atoms with Crippen molar-refractivity contribution in [2.45, 2.75) is 18.0 Å². The van der Waals surface area contributed by atoms with Crippen molar-refractivity contribution < 1.29 is 26.4 Å². The summed E-state index contributed by atoms with van der Waals surface area (Å²) in [7, 11) is -2.82. The van der Waals surface area contributed by atoms with Gasteiger partial charge in [-0.15, -0.1) is 0 Å². The second-order valence-corrected chi connectivity index (χ2v) is 8.78. The van der Waals surface area contributed by atoms with Crippen molar-refractivity contribution in [1.82, 2.24) is 20.3 Å². The number of benzene rings is 2. The van der Waals surface area contributed by atoms with Crippen molar-refractivity contribution in [2.24, 2.45) is 4.36 Å². The maximum atomic E-state index is 13.1. The third-order valence-electron chi connectivity index (χ3n) is 4.15. The molecule has 0 spiro atoms. The fourth-order valence-corrected chi connectivity index (χ4v) is 3.92. The largest absolute Gasteiger partial charge is 0.471 e. The minimum atomic E-state index is -4.72. The van der Waals surface area contributed by atoms with Gasteiger partial charge in [-0.2, -0.15) is 27.5 Å². The van der Waals surface area contributed by atoms with E-state index in [1.165, 1.54) is 30.5 Å². The molecule has 0 amide bonds. The number of nitrogens with zero attached hydrogens (tertiary/aromatic N) is 5. The van der Waals surface area contributed by atoms with Crippen LogP contribution in [0.25, 0.3) is 22.8 Å². The second-order valence-electron chi connectivity index (χ2n) is 6.52. The highest BCUT2D eigenvalue weighted by Crippen LogP contribution is 2.30. The van der Waals surface area contributed by atoms with Crippen LogP contribution in [0.5, 0.6) is 0 Å². The van der Waals surface area contributed by atoms with Crippen LogP contribution in [0.15, 0.2) is 66.8 Å². The molecule has 0 saturated heterocycles. The highest BCUT2D eigenvalue weighted by Gasteiger charge is 2.38. The first-order chi connectivity index (χ1) is 14.6. The Bertz CT molecular complexity index is 1340. The maximum Gasteiger partial charge on any atom is 0.471 e. The molecule has 1 atom stereocenters. The number of hydrogen-bond acceptors (Lipinski definition) is 8. The molecule has 0 saturated carbocycles. The van der Waals surface area contributed by atoms with Gasteiger partial charge in [0.25, 0.3) is 0 Å². The van der Waals surface area contributed by atoms with Crippen LogP contribution in [0.2, 0.25) is 0 Å². The molecular formula is C19H14F3N5O3S. The Morgan fingerprint density at radius 3 is 1.94 bits per heavy atom. The van der Waals surface area contributed by atoms with Crippen LogP contribution >= 0.6 is 0 Å². The lowest BCUT2D eigenvalue weighted by molar-refractivity contribution is -0.159. The molecule has 0 bridgehead atoms. The summed E-state index contributed by atoms with van der Waals surface area (Å²) in [5.41, 5.74) is 1.49. The summed E-state index contributed by atoms with van der Waals surface area (Å²) >= 11 is 0. The van der Waals surface area contributed by atoms with E-state index in [4.69, 9.17) is 4.52 Å². The standard InChI is InChI=1S/C19H14F3N5O3S/c1-11-23-16(25-29-11)12-3-7-14(8-4-12)27-31(2,28)15-9-5-13(6-10-15)17-24-18(30-26-17)19(20,21)22/h3-10H,1-2H3. The Labute approximate surface area is 174 Å². The molecule has 0 radical (unpaired) electrons. The van der Waals surface area contributed by atoms with E-state index >= 15 is 0 Å². The smallest absolute Gasteiger partial charge is 0.339 e. The van der Waals surface area contributed by atoms with E-state index in [0.717, 1.165) is 5.56 Å². The summed E-state index contributed by atoms with van der Waals surface area (Å²) < 4.78 is 64.4. The van der Waals surface area contributed by atoms with Crippen molar-refractivity contribution in [1.29, 1.82) is 0 Å².